The van der Waals surface area contributed by atoms with E-state index in [9.17, 15) is 23.1 Å². The van der Waals surface area contributed by atoms with E-state index >= 15 is 0 Å². The van der Waals surface area contributed by atoms with E-state index in [0.29, 0.717) is 6.07 Å². The highest BCUT2D eigenvalue weighted by Crippen LogP contribution is 2.39. The van der Waals surface area contributed by atoms with Crippen molar-refractivity contribution in [1.82, 2.24) is 0 Å². The third kappa shape index (κ3) is 4.00. The van der Waals surface area contributed by atoms with Gasteiger partial charge in [0.05, 0.1) is 10.6 Å². The van der Waals surface area contributed by atoms with Crippen molar-refractivity contribution in [3.8, 4) is 5.75 Å². The Morgan fingerprint density at radius 3 is 2.47 bits per heavy atom. The van der Waals surface area contributed by atoms with Crippen LogP contribution in [0.1, 0.15) is 30.0 Å². The molecule has 1 aromatic rings. The lowest BCUT2D eigenvalue weighted by Gasteiger charge is -2.18. The van der Waals surface area contributed by atoms with Crippen molar-refractivity contribution in [3.05, 3.63) is 28.3 Å². The second kappa shape index (κ2) is 5.66. The number of phenols is 1. The van der Waals surface area contributed by atoms with Crippen molar-refractivity contribution in [3.63, 3.8) is 0 Å². The van der Waals surface area contributed by atoms with Crippen LogP contribution in [0.15, 0.2) is 12.1 Å². The van der Waals surface area contributed by atoms with E-state index in [1.54, 1.807) is 0 Å². The smallest absolute Gasteiger partial charge is 0.416 e. The molecule has 0 saturated heterocycles. The second-order valence-corrected chi connectivity index (χ2v) is 4.33. The van der Waals surface area contributed by atoms with E-state index in [0.717, 1.165) is 6.07 Å². The van der Waals surface area contributed by atoms with Gasteiger partial charge in [0.25, 0.3) is 0 Å². The van der Waals surface area contributed by atoms with Crippen molar-refractivity contribution < 1.29 is 28.2 Å². The minimum Gasteiger partial charge on any atom is -0.506 e. The van der Waals surface area contributed by atoms with Crippen molar-refractivity contribution in [1.29, 1.82) is 0 Å². The van der Waals surface area contributed by atoms with Crippen LogP contribution in [0, 0.1) is 0 Å². The molecule has 0 saturated carbocycles. The van der Waals surface area contributed by atoms with Gasteiger partial charge in [-0.05, 0) is 24.1 Å². The number of hydrogen-bond donors (Lipinski definition) is 3. The van der Waals surface area contributed by atoms with Crippen molar-refractivity contribution in [2.45, 2.75) is 25.1 Å². The second-order valence-electron chi connectivity index (χ2n) is 3.93. The van der Waals surface area contributed by atoms with Crippen LogP contribution in [-0.4, -0.2) is 16.2 Å². The zero-order valence-electron chi connectivity index (χ0n) is 9.54. The van der Waals surface area contributed by atoms with E-state index in [1.807, 2.05) is 0 Å². The Bertz CT molecular complexity index is 491. The third-order valence-electron chi connectivity index (χ3n) is 2.49. The fourth-order valence-electron chi connectivity index (χ4n) is 1.56. The lowest BCUT2D eigenvalue weighted by molar-refractivity contribution is -0.138. The molecular weight excluding hydrogens is 287 g/mol. The molecule has 8 heteroatoms. The summed E-state index contributed by atoms with van der Waals surface area (Å²) < 4.78 is 38.4. The fourth-order valence-corrected chi connectivity index (χ4v) is 1.74. The lowest BCUT2D eigenvalue weighted by Crippen LogP contribution is -2.18. The van der Waals surface area contributed by atoms with Crippen LogP contribution in [-0.2, 0) is 11.0 Å². The Hall–Kier alpha value is -1.47. The maximum absolute atomic E-state index is 12.8. The summed E-state index contributed by atoms with van der Waals surface area (Å²) in [4.78, 5) is 10.4. The van der Waals surface area contributed by atoms with Gasteiger partial charge in [-0.25, -0.2) is 0 Å². The number of carbonyl (C=O) groups is 1. The van der Waals surface area contributed by atoms with Crippen LogP contribution < -0.4 is 5.73 Å². The molecule has 0 amide bonds. The number of carboxylic acids is 1. The van der Waals surface area contributed by atoms with E-state index in [1.165, 1.54) is 0 Å². The average Bonchev–Trinajstić information content (AvgIpc) is 2.27. The van der Waals surface area contributed by atoms with Crippen LogP contribution in [0.2, 0.25) is 5.02 Å². The molecule has 0 aromatic heterocycles. The van der Waals surface area contributed by atoms with Gasteiger partial charge in [0.15, 0.2) is 0 Å². The van der Waals surface area contributed by atoms with E-state index in [-0.39, 0.29) is 23.4 Å². The van der Waals surface area contributed by atoms with Crippen molar-refractivity contribution in [2.75, 3.05) is 0 Å². The number of nitrogens with two attached hydrogens (primary N) is 1. The maximum Gasteiger partial charge on any atom is 0.416 e. The molecule has 0 heterocycles. The molecular formula is C11H11ClF3NO3. The van der Waals surface area contributed by atoms with Crippen molar-refractivity contribution in [2.24, 2.45) is 5.73 Å². The van der Waals surface area contributed by atoms with Gasteiger partial charge in [0.1, 0.15) is 5.75 Å². The summed E-state index contributed by atoms with van der Waals surface area (Å²) in [5.41, 5.74) is 4.10. The first-order valence-electron chi connectivity index (χ1n) is 5.20. The first-order valence-corrected chi connectivity index (χ1v) is 5.57. The van der Waals surface area contributed by atoms with Crippen molar-refractivity contribution >= 4 is 17.6 Å². The Morgan fingerprint density at radius 2 is 2.00 bits per heavy atom. The predicted octanol–water partition coefficient (Wildman–Crippen LogP) is 2.93. The minimum atomic E-state index is -4.71. The van der Waals surface area contributed by atoms with Crippen LogP contribution >= 0.6 is 11.6 Å². The number of aliphatic carboxylic acids is 1. The molecule has 106 valence electrons. The zero-order chi connectivity index (χ0) is 14.8. The van der Waals surface area contributed by atoms with Gasteiger partial charge in [-0.15, -0.1) is 0 Å². The number of benzene rings is 1. The highest BCUT2D eigenvalue weighted by atomic mass is 35.5. The molecule has 1 atom stereocenters. The predicted molar refractivity (Wildman–Crippen MR) is 61.9 cm³/mol. The van der Waals surface area contributed by atoms with E-state index < -0.39 is 29.5 Å². The minimum absolute atomic E-state index is 0.167. The van der Waals surface area contributed by atoms with Gasteiger partial charge in [-0.3, -0.25) is 4.79 Å². The zero-order valence-corrected chi connectivity index (χ0v) is 10.3. The summed E-state index contributed by atoms with van der Waals surface area (Å²) in [7, 11) is 0. The Kier molecular flexibility index (Phi) is 4.65. The molecule has 0 aliphatic rings. The standard InChI is InChI=1S/C11H11ClF3NO3/c12-7-3-5(8(16)1-2-10(18)19)6(4-9(7)17)11(13,14)15/h3-4,8,17H,1-2,16H2,(H,18,19). The fraction of sp³-hybridized carbons (Fsp3) is 0.364. The Labute approximate surface area is 111 Å². The molecule has 0 spiro atoms. The molecule has 4 nitrogen and oxygen atoms in total. The summed E-state index contributed by atoms with van der Waals surface area (Å²) in [5, 5.41) is 17.4. The maximum atomic E-state index is 12.8. The van der Waals surface area contributed by atoms with E-state index in [4.69, 9.17) is 22.4 Å². The molecule has 0 bridgehead atoms. The Balaban J connectivity index is 3.17. The molecule has 19 heavy (non-hydrogen) atoms. The number of phenolic OH excluding ortho intramolecular Hbond substituents is 1. The topological polar surface area (TPSA) is 83.6 Å². The molecule has 0 aliphatic heterocycles. The molecule has 0 radical (unpaired) electrons. The molecule has 1 unspecified atom stereocenters. The monoisotopic (exact) mass is 297 g/mol. The lowest BCUT2D eigenvalue weighted by atomic mass is 9.96. The van der Waals surface area contributed by atoms with Gasteiger partial charge < -0.3 is 15.9 Å². The Morgan fingerprint density at radius 1 is 1.42 bits per heavy atom. The third-order valence-corrected chi connectivity index (χ3v) is 2.80. The first kappa shape index (κ1) is 15.6. The van der Waals surface area contributed by atoms with Crippen LogP contribution in [0.3, 0.4) is 0 Å². The van der Waals surface area contributed by atoms with Gasteiger partial charge in [0, 0.05) is 12.5 Å². The summed E-state index contributed by atoms with van der Waals surface area (Å²) in [6.45, 7) is 0. The number of carboxylic acid groups (broad SMARTS) is 1. The van der Waals surface area contributed by atoms with Gasteiger partial charge in [0.2, 0.25) is 0 Å². The summed E-state index contributed by atoms with van der Waals surface area (Å²) in [6, 6.07) is 0.260. The molecule has 1 aromatic carbocycles. The molecule has 0 aliphatic carbocycles. The summed E-state index contributed by atoms with van der Waals surface area (Å²) >= 11 is 5.55. The quantitative estimate of drug-likeness (QED) is 0.798. The van der Waals surface area contributed by atoms with E-state index in [2.05, 4.69) is 0 Å². The highest BCUT2D eigenvalue weighted by molar-refractivity contribution is 6.32. The number of alkyl halides is 3. The van der Waals surface area contributed by atoms with Crippen LogP contribution in [0.25, 0.3) is 0 Å². The number of halogens is 4. The SMILES string of the molecule is NC(CCC(=O)O)c1cc(Cl)c(O)cc1C(F)(F)F. The summed E-state index contributed by atoms with van der Waals surface area (Å²) in [6.07, 6.45) is -5.24. The number of hydrogen-bond acceptors (Lipinski definition) is 3. The van der Waals surface area contributed by atoms with Crippen LogP contribution in [0.5, 0.6) is 5.75 Å². The van der Waals surface area contributed by atoms with Crippen LogP contribution in [0.4, 0.5) is 13.2 Å². The molecule has 1 rings (SSSR count). The van der Waals surface area contributed by atoms with Gasteiger partial charge >= 0.3 is 12.1 Å². The number of aromatic hydroxyl groups is 1. The largest absolute Gasteiger partial charge is 0.506 e. The highest BCUT2D eigenvalue weighted by Gasteiger charge is 2.35. The summed E-state index contributed by atoms with van der Waals surface area (Å²) in [5.74, 6) is -1.86. The first-order chi connectivity index (χ1) is 8.62. The number of rotatable bonds is 4. The molecule has 4 N–H and O–H groups in total. The average molecular weight is 298 g/mol. The van der Waals surface area contributed by atoms with Gasteiger partial charge in [-0.1, -0.05) is 11.6 Å². The molecule has 0 fully saturated rings. The normalized spacial score (nSPS) is 13.3. The van der Waals surface area contributed by atoms with Gasteiger partial charge in [-0.2, -0.15) is 13.2 Å².